The van der Waals surface area contributed by atoms with Gasteiger partial charge in [-0.1, -0.05) is 32.3 Å². The second kappa shape index (κ2) is 13.5. The summed E-state index contributed by atoms with van der Waals surface area (Å²) in [6, 6.07) is 1.95. The van der Waals surface area contributed by atoms with E-state index in [4.69, 9.17) is 18.3 Å². The Balaban J connectivity index is 4.64. The molecule has 0 saturated carbocycles. The highest BCUT2D eigenvalue weighted by atomic mass is 28.4. The van der Waals surface area contributed by atoms with Gasteiger partial charge >= 0.3 is 11.9 Å². The number of carbonyl (C=O) groups is 2. The smallest absolute Gasteiger partial charge is 0.330 e. The fourth-order valence-electron chi connectivity index (χ4n) is 3.08. The molecule has 0 aromatic rings. The minimum absolute atomic E-state index is 0.0747. The monoisotopic (exact) mass is 488 g/mol. The van der Waals surface area contributed by atoms with Gasteiger partial charge in [0.05, 0.1) is 27.0 Å². The van der Waals surface area contributed by atoms with Crippen LogP contribution in [0.5, 0.6) is 0 Å². The van der Waals surface area contributed by atoms with Crippen LogP contribution in [0, 0.1) is 0 Å². The number of hydrogen-bond acceptors (Lipinski definition) is 6. The van der Waals surface area contributed by atoms with Crippen molar-refractivity contribution < 1.29 is 27.9 Å². The Morgan fingerprint density at radius 2 is 1.23 bits per heavy atom. The molecule has 31 heavy (non-hydrogen) atoms. The summed E-state index contributed by atoms with van der Waals surface area (Å²) in [4.78, 5) is 22.4. The molecule has 0 heterocycles. The molecule has 0 amide bonds. The molecular formula is C22H44O6Si3. The standard InChI is InChI=1S/C22H44O6Si3/c1-11-21(23)25-15-13-17-29(5,6)19(3)28-31(9,10)20(4)27-30(7,8)18-14-16-26-22(24)12-2/h11-12,19-20H,1-2,13-18H2,3-10H3. The van der Waals surface area contributed by atoms with Gasteiger partial charge in [0.2, 0.25) is 8.32 Å². The van der Waals surface area contributed by atoms with Gasteiger partial charge in [-0.25, -0.2) is 9.59 Å². The molecule has 0 spiro atoms. The number of hydrogen-bond donors (Lipinski definition) is 0. The van der Waals surface area contributed by atoms with Gasteiger partial charge in [-0.15, -0.1) is 0 Å². The summed E-state index contributed by atoms with van der Waals surface area (Å²) in [5, 5.41) is 0. The molecule has 0 N–H and O–H groups in total. The Hall–Kier alpha value is -1.01. The Labute approximate surface area is 192 Å². The molecule has 0 aliphatic carbocycles. The van der Waals surface area contributed by atoms with Crippen molar-refractivity contribution in [2.24, 2.45) is 0 Å². The molecule has 0 saturated heterocycles. The third-order valence-electron chi connectivity index (χ3n) is 5.77. The first-order valence-corrected chi connectivity index (χ1v) is 20.5. The molecule has 0 bridgehead atoms. The molecule has 180 valence electrons. The van der Waals surface area contributed by atoms with Crippen LogP contribution < -0.4 is 0 Å². The van der Waals surface area contributed by atoms with Gasteiger partial charge in [0.25, 0.3) is 0 Å². The van der Waals surface area contributed by atoms with Crippen LogP contribution in [0.25, 0.3) is 0 Å². The van der Waals surface area contributed by atoms with E-state index >= 15 is 0 Å². The molecule has 2 atom stereocenters. The highest BCUT2D eigenvalue weighted by molar-refractivity contribution is 6.81. The first-order chi connectivity index (χ1) is 14.2. The molecule has 0 aromatic carbocycles. The zero-order chi connectivity index (χ0) is 24.3. The summed E-state index contributed by atoms with van der Waals surface area (Å²) in [7, 11) is -5.63. The van der Waals surface area contributed by atoms with Crippen molar-refractivity contribution in [3.8, 4) is 0 Å². The summed E-state index contributed by atoms with van der Waals surface area (Å²) >= 11 is 0. The maximum atomic E-state index is 11.2. The van der Waals surface area contributed by atoms with Crippen molar-refractivity contribution in [2.75, 3.05) is 13.2 Å². The van der Waals surface area contributed by atoms with Crippen LogP contribution in [0.4, 0.5) is 0 Å². The van der Waals surface area contributed by atoms with Crippen LogP contribution in [0.1, 0.15) is 26.7 Å². The fraction of sp³-hybridized carbons (Fsp3) is 0.727. The van der Waals surface area contributed by atoms with Crippen molar-refractivity contribution in [1.29, 1.82) is 0 Å². The van der Waals surface area contributed by atoms with Gasteiger partial charge in [-0.2, -0.15) is 0 Å². The van der Waals surface area contributed by atoms with E-state index in [9.17, 15) is 9.59 Å². The van der Waals surface area contributed by atoms with Crippen LogP contribution in [-0.2, 0) is 27.9 Å². The summed E-state index contributed by atoms with van der Waals surface area (Å²) in [6.45, 7) is 25.5. The Bertz CT molecular complexity index is 604. The molecule has 2 unspecified atom stereocenters. The minimum Gasteiger partial charge on any atom is -0.463 e. The quantitative estimate of drug-likeness (QED) is 0.128. The number of rotatable bonds is 16. The largest absolute Gasteiger partial charge is 0.463 e. The molecule has 0 aliphatic rings. The lowest BCUT2D eigenvalue weighted by atomic mass is 10.5. The van der Waals surface area contributed by atoms with Crippen LogP contribution in [0.2, 0.25) is 51.4 Å². The van der Waals surface area contributed by atoms with Crippen molar-refractivity contribution in [3.63, 3.8) is 0 Å². The number of carbonyl (C=O) groups excluding carboxylic acids is 2. The molecule has 9 heteroatoms. The molecule has 6 nitrogen and oxygen atoms in total. The molecule has 0 fully saturated rings. The summed E-state index contributed by atoms with van der Waals surface area (Å²) in [6.07, 6.45) is 4.02. The predicted octanol–water partition coefficient (Wildman–Crippen LogP) is 5.23. The normalized spacial score (nSPS) is 14.5. The van der Waals surface area contributed by atoms with E-state index in [1.165, 1.54) is 12.2 Å². The first kappa shape index (κ1) is 30.0. The van der Waals surface area contributed by atoms with Crippen molar-refractivity contribution in [2.45, 2.75) is 89.5 Å². The van der Waals surface area contributed by atoms with Gasteiger partial charge in [-0.05, 0) is 58.9 Å². The molecule has 0 radical (unpaired) electrons. The molecule has 0 aliphatic heterocycles. The van der Waals surface area contributed by atoms with E-state index in [0.717, 1.165) is 24.9 Å². The van der Waals surface area contributed by atoms with Gasteiger partial charge in [0, 0.05) is 17.9 Å². The SMILES string of the molecule is C=CC(=O)OCCC[Si](C)(C)OC(C)[Si](C)(C)OC(C)[Si](C)(C)CCCOC(=O)C=C. The Kier molecular flexibility index (Phi) is 13.1. The average Bonchev–Trinajstić information content (AvgIpc) is 2.67. The van der Waals surface area contributed by atoms with E-state index in [-0.39, 0.29) is 23.4 Å². The zero-order valence-electron chi connectivity index (χ0n) is 20.9. The van der Waals surface area contributed by atoms with Crippen LogP contribution in [0.15, 0.2) is 25.3 Å². The van der Waals surface area contributed by atoms with Gasteiger partial charge in [-0.3, -0.25) is 0 Å². The van der Waals surface area contributed by atoms with E-state index in [0.29, 0.717) is 13.2 Å². The minimum atomic E-state index is -2.08. The molecular weight excluding hydrogens is 444 g/mol. The molecule has 0 rings (SSSR count). The molecule has 0 aromatic heterocycles. The third kappa shape index (κ3) is 12.6. The summed E-state index contributed by atoms with van der Waals surface area (Å²) in [5.74, 6) is -0.746. The number of esters is 2. The Morgan fingerprint density at radius 3 is 1.68 bits per heavy atom. The van der Waals surface area contributed by atoms with Crippen LogP contribution in [-0.4, -0.2) is 61.3 Å². The summed E-state index contributed by atoms with van der Waals surface area (Å²) < 4.78 is 23.4. The zero-order valence-corrected chi connectivity index (χ0v) is 23.9. The van der Waals surface area contributed by atoms with Gasteiger partial charge in [0.15, 0.2) is 8.32 Å². The highest BCUT2D eigenvalue weighted by Crippen LogP contribution is 2.27. The van der Waals surface area contributed by atoms with Crippen molar-refractivity contribution in [3.05, 3.63) is 25.3 Å². The number of ether oxygens (including phenoxy) is 2. The van der Waals surface area contributed by atoms with Gasteiger partial charge in [0.1, 0.15) is 0 Å². The van der Waals surface area contributed by atoms with Crippen LogP contribution >= 0.6 is 0 Å². The second-order valence-corrected chi connectivity index (χ2v) is 23.6. The van der Waals surface area contributed by atoms with E-state index in [1.54, 1.807) is 0 Å². The van der Waals surface area contributed by atoms with E-state index in [2.05, 4.69) is 66.3 Å². The topological polar surface area (TPSA) is 71.1 Å². The average molecular weight is 489 g/mol. The lowest BCUT2D eigenvalue weighted by Crippen LogP contribution is -2.55. The van der Waals surface area contributed by atoms with Gasteiger partial charge < -0.3 is 18.3 Å². The van der Waals surface area contributed by atoms with Crippen molar-refractivity contribution >= 4 is 36.6 Å². The van der Waals surface area contributed by atoms with Crippen LogP contribution in [0.3, 0.4) is 0 Å². The maximum absolute atomic E-state index is 11.2. The Morgan fingerprint density at radius 1 is 0.774 bits per heavy atom. The lowest BCUT2D eigenvalue weighted by Gasteiger charge is -2.41. The highest BCUT2D eigenvalue weighted by Gasteiger charge is 2.40. The third-order valence-corrected chi connectivity index (χ3v) is 15.8. The first-order valence-electron chi connectivity index (χ1n) is 11.1. The second-order valence-electron chi connectivity index (χ2n) is 9.82. The fourth-order valence-corrected chi connectivity index (χ4v) is 12.0. The van der Waals surface area contributed by atoms with E-state index in [1.807, 2.05) is 0 Å². The predicted molar refractivity (Wildman–Crippen MR) is 135 cm³/mol. The van der Waals surface area contributed by atoms with E-state index < -0.39 is 24.7 Å². The summed E-state index contributed by atoms with van der Waals surface area (Å²) in [5.41, 5.74) is 0.268. The van der Waals surface area contributed by atoms with Crippen molar-refractivity contribution in [1.82, 2.24) is 0 Å². The lowest BCUT2D eigenvalue weighted by molar-refractivity contribution is -0.138. The maximum Gasteiger partial charge on any atom is 0.330 e.